The highest BCUT2D eigenvalue weighted by molar-refractivity contribution is 6.06. The molecule has 0 saturated carbocycles. The van der Waals surface area contributed by atoms with Crippen molar-refractivity contribution < 1.29 is 4.79 Å². The molecule has 1 aromatic carbocycles. The molecule has 0 aliphatic rings. The summed E-state index contributed by atoms with van der Waals surface area (Å²) in [6, 6.07) is 7.84. The van der Waals surface area contributed by atoms with Crippen LogP contribution in [0.2, 0.25) is 0 Å². The second kappa shape index (κ2) is 4.82. The maximum Gasteiger partial charge on any atom is 0.257 e. The molecule has 4 heteroatoms. The molecule has 0 radical (unpaired) electrons. The largest absolute Gasteiger partial charge is 0.360 e. The summed E-state index contributed by atoms with van der Waals surface area (Å²) >= 11 is 0. The van der Waals surface area contributed by atoms with Gasteiger partial charge in [-0.15, -0.1) is 0 Å². The van der Waals surface area contributed by atoms with Gasteiger partial charge in [0.15, 0.2) is 0 Å². The van der Waals surface area contributed by atoms with E-state index in [4.69, 9.17) is 0 Å². The number of rotatable bonds is 3. The highest BCUT2D eigenvalue weighted by Gasteiger charge is 2.21. The van der Waals surface area contributed by atoms with Gasteiger partial charge >= 0.3 is 0 Å². The summed E-state index contributed by atoms with van der Waals surface area (Å²) in [5.41, 5.74) is 1.72. The Kier molecular flexibility index (Phi) is 3.39. The number of H-pyrrole nitrogens is 1. The zero-order chi connectivity index (χ0) is 13.3. The Bertz CT molecular complexity index is 559. The van der Waals surface area contributed by atoms with Gasteiger partial charge in [-0.05, 0) is 27.1 Å². The van der Waals surface area contributed by atoms with Crippen molar-refractivity contribution in [1.82, 2.24) is 14.8 Å². The molecule has 1 N–H and O–H groups in total. The zero-order valence-electron chi connectivity index (χ0n) is 11.3. The molecule has 1 aromatic heterocycles. The van der Waals surface area contributed by atoms with Gasteiger partial charge in [-0.3, -0.25) is 9.69 Å². The number of hydrogen-bond acceptors (Lipinski definition) is 2. The Morgan fingerprint density at radius 1 is 1.22 bits per heavy atom. The summed E-state index contributed by atoms with van der Waals surface area (Å²) < 4.78 is 0. The van der Waals surface area contributed by atoms with Crippen molar-refractivity contribution in [2.45, 2.75) is 13.1 Å². The molecule has 2 aromatic rings. The van der Waals surface area contributed by atoms with Gasteiger partial charge in [-0.2, -0.15) is 0 Å². The average molecular weight is 245 g/mol. The molecule has 0 fully saturated rings. The van der Waals surface area contributed by atoms with Crippen molar-refractivity contribution in [3.63, 3.8) is 0 Å². The monoisotopic (exact) mass is 245 g/mol. The first kappa shape index (κ1) is 12.6. The van der Waals surface area contributed by atoms with Crippen molar-refractivity contribution in [1.29, 1.82) is 0 Å². The summed E-state index contributed by atoms with van der Waals surface area (Å²) in [5, 5.41) is 0.973. The summed E-state index contributed by atoms with van der Waals surface area (Å²) in [6.07, 6.45) is 1.84. The van der Waals surface area contributed by atoms with Gasteiger partial charge in [0.1, 0.15) is 0 Å². The molecule has 96 valence electrons. The van der Waals surface area contributed by atoms with Crippen molar-refractivity contribution in [3.8, 4) is 0 Å². The quantitative estimate of drug-likeness (QED) is 0.842. The molecule has 1 atom stereocenters. The minimum atomic E-state index is 0.0358. The Hall–Kier alpha value is -1.81. The molecule has 1 amide bonds. The lowest BCUT2D eigenvalue weighted by molar-refractivity contribution is 0.0588. The lowest BCUT2D eigenvalue weighted by Crippen LogP contribution is -2.43. The van der Waals surface area contributed by atoms with Crippen molar-refractivity contribution in [2.75, 3.05) is 21.1 Å². The molecule has 0 aliphatic carbocycles. The number of fused-ring (bicyclic) bond motifs is 1. The first-order chi connectivity index (χ1) is 8.52. The van der Waals surface area contributed by atoms with Crippen LogP contribution in [0.4, 0.5) is 0 Å². The van der Waals surface area contributed by atoms with E-state index in [1.54, 1.807) is 11.1 Å². The smallest absolute Gasteiger partial charge is 0.257 e. The molecule has 0 spiro atoms. The first-order valence-electron chi connectivity index (χ1n) is 6.02. The Labute approximate surface area is 107 Å². The van der Waals surface area contributed by atoms with Gasteiger partial charge in [-0.1, -0.05) is 18.2 Å². The Balaban J connectivity index is 2.34. The van der Waals surface area contributed by atoms with Crippen LogP contribution in [0.1, 0.15) is 17.3 Å². The number of nitrogens with zero attached hydrogens (tertiary/aromatic N) is 2. The van der Waals surface area contributed by atoms with Gasteiger partial charge in [0.2, 0.25) is 0 Å². The number of aromatic amines is 1. The van der Waals surface area contributed by atoms with E-state index in [-0.39, 0.29) is 12.1 Å². The van der Waals surface area contributed by atoms with E-state index in [1.807, 2.05) is 57.2 Å². The van der Waals surface area contributed by atoms with E-state index in [1.165, 1.54) is 0 Å². The topological polar surface area (TPSA) is 39.3 Å². The summed E-state index contributed by atoms with van der Waals surface area (Å²) in [5.74, 6) is 0.0358. The minimum absolute atomic E-state index is 0.0358. The Morgan fingerprint density at radius 3 is 2.56 bits per heavy atom. The van der Waals surface area contributed by atoms with Gasteiger partial charge < -0.3 is 9.88 Å². The van der Waals surface area contributed by atoms with E-state index >= 15 is 0 Å². The molecule has 4 nitrogen and oxygen atoms in total. The van der Waals surface area contributed by atoms with Crippen molar-refractivity contribution in [2.24, 2.45) is 0 Å². The Morgan fingerprint density at radius 2 is 1.89 bits per heavy atom. The fourth-order valence-corrected chi connectivity index (χ4v) is 1.95. The van der Waals surface area contributed by atoms with E-state index in [0.29, 0.717) is 0 Å². The molecular weight excluding hydrogens is 226 g/mol. The van der Waals surface area contributed by atoms with Crippen LogP contribution in [-0.4, -0.2) is 48.0 Å². The number of para-hydroxylation sites is 1. The van der Waals surface area contributed by atoms with E-state index < -0.39 is 0 Å². The molecule has 2 rings (SSSR count). The van der Waals surface area contributed by atoms with Crippen molar-refractivity contribution >= 4 is 16.8 Å². The molecule has 0 saturated heterocycles. The number of carbonyl (C=O) groups excluding carboxylic acids is 1. The standard InChI is InChI=1S/C14H19N3O/c1-10(16(2)3)17(4)14(18)12-9-15-13-8-6-5-7-11(12)13/h5-10,15H,1-4H3. The third-order valence-electron chi connectivity index (χ3n) is 3.45. The number of hydrogen-bond donors (Lipinski definition) is 1. The SMILES string of the molecule is CC(N(C)C)N(C)C(=O)c1c[nH]c2ccccc12. The third-order valence-corrected chi connectivity index (χ3v) is 3.45. The van der Waals surface area contributed by atoms with Crippen LogP contribution in [0.3, 0.4) is 0 Å². The highest BCUT2D eigenvalue weighted by Crippen LogP contribution is 2.19. The molecule has 18 heavy (non-hydrogen) atoms. The first-order valence-corrected chi connectivity index (χ1v) is 6.02. The maximum absolute atomic E-state index is 12.4. The third kappa shape index (κ3) is 2.11. The number of benzene rings is 1. The number of aromatic nitrogens is 1. The lowest BCUT2D eigenvalue weighted by atomic mass is 10.1. The van der Waals surface area contributed by atoms with Crippen molar-refractivity contribution in [3.05, 3.63) is 36.0 Å². The van der Waals surface area contributed by atoms with Crippen LogP contribution in [-0.2, 0) is 0 Å². The zero-order valence-corrected chi connectivity index (χ0v) is 11.3. The van der Waals surface area contributed by atoms with Gasteiger partial charge in [0, 0.05) is 24.1 Å². The predicted molar refractivity (Wildman–Crippen MR) is 73.5 cm³/mol. The van der Waals surface area contributed by atoms with Crippen LogP contribution in [0.5, 0.6) is 0 Å². The maximum atomic E-state index is 12.4. The average Bonchev–Trinajstić information content (AvgIpc) is 2.79. The number of amides is 1. The minimum Gasteiger partial charge on any atom is -0.360 e. The molecule has 0 bridgehead atoms. The van der Waals surface area contributed by atoms with Crippen LogP contribution in [0, 0.1) is 0 Å². The van der Waals surface area contributed by atoms with Gasteiger partial charge in [0.05, 0.1) is 11.7 Å². The van der Waals surface area contributed by atoms with Crippen LogP contribution in [0.15, 0.2) is 30.5 Å². The van der Waals surface area contributed by atoms with Crippen LogP contribution in [0.25, 0.3) is 10.9 Å². The second-order valence-corrected chi connectivity index (χ2v) is 4.76. The van der Waals surface area contributed by atoms with E-state index in [2.05, 4.69) is 4.98 Å². The van der Waals surface area contributed by atoms with E-state index in [0.717, 1.165) is 16.5 Å². The van der Waals surface area contributed by atoms with Gasteiger partial charge in [-0.25, -0.2) is 0 Å². The number of carbonyl (C=O) groups is 1. The number of nitrogens with one attached hydrogen (secondary N) is 1. The fourth-order valence-electron chi connectivity index (χ4n) is 1.95. The van der Waals surface area contributed by atoms with Crippen LogP contribution >= 0.6 is 0 Å². The summed E-state index contributed by atoms with van der Waals surface area (Å²) in [6.45, 7) is 2.01. The summed E-state index contributed by atoms with van der Waals surface area (Å²) in [7, 11) is 5.75. The van der Waals surface area contributed by atoms with Crippen LogP contribution < -0.4 is 0 Å². The second-order valence-electron chi connectivity index (χ2n) is 4.76. The predicted octanol–water partition coefficient (Wildman–Crippen LogP) is 2.15. The molecule has 0 aliphatic heterocycles. The lowest BCUT2D eigenvalue weighted by Gasteiger charge is -2.30. The fraction of sp³-hybridized carbons (Fsp3) is 0.357. The highest BCUT2D eigenvalue weighted by atomic mass is 16.2. The molecular formula is C14H19N3O. The molecule has 1 unspecified atom stereocenters. The summed E-state index contributed by atoms with van der Waals surface area (Å²) in [4.78, 5) is 19.3. The van der Waals surface area contributed by atoms with E-state index in [9.17, 15) is 4.79 Å². The normalized spacial score (nSPS) is 12.9. The van der Waals surface area contributed by atoms with Gasteiger partial charge in [0.25, 0.3) is 5.91 Å². The molecule has 1 heterocycles.